The first kappa shape index (κ1) is 33.4. The maximum Gasteiger partial charge on any atom is 0.339 e. The van der Waals surface area contributed by atoms with Crippen LogP contribution in [0.3, 0.4) is 0 Å². The zero-order valence-electron chi connectivity index (χ0n) is 28.0. The van der Waals surface area contributed by atoms with Gasteiger partial charge < -0.3 is 34.9 Å². The Bertz CT molecular complexity index is 1860. The van der Waals surface area contributed by atoms with Gasteiger partial charge in [0.25, 0.3) is 0 Å². The van der Waals surface area contributed by atoms with E-state index < -0.39 is 28.7 Å². The van der Waals surface area contributed by atoms with E-state index in [1.807, 2.05) is 37.1 Å². The van der Waals surface area contributed by atoms with E-state index in [2.05, 4.69) is 10.3 Å². The molecule has 48 heavy (non-hydrogen) atoms. The minimum atomic E-state index is -1.15. The molecule has 3 aromatic rings. The summed E-state index contributed by atoms with van der Waals surface area (Å²) in [6, 6.07) is 7.28. The number of carbonyl (C=O) groups excluding carboxylic acids is 2. The molecule has 1 spiro atoms. The number of nitrogens with two attached hydrogens (primary N) is 1. The normalized spacial score (nSPS) is 23.6. The van der Waals surface area contributed by atoms with Gasteiger partial charge in [-0.15, -0.1) is 0 Å². The van der Waals surface area contributed by atoms with E-state index in [9.17, 15) is 19.5 Å². The molecule has 1 aromatic carbocycles. The highest BCUT2D eigenvalue weighted by molar-refractivity contribution is 5.88. The van der Waals surface area contributed by atoms with Gasteiger partial charge in [-0.1, -0.05) is 18.2 Å². The van der Waals surface area contributed by atoms with Gasteiger partial charge in [0.1, 0.15) is 17.2 Å². The Labute approximate surface area is 279 Å². The predicted octanol–water partition coefficient (Wildman–Crippen LogP) is 3.60. The summed E-state index contributed by atoms with van der Waals surface area (Å²) in [6.07, 6.45) is 9.15. The Balaban J connectivity index is 1.43. The van der Waals surface area contributed by atoms with E-state index in [4.69, 9.17) is 19.6 Å². The number of aromatic nitrogens is 1. The van der Waals surface area contributed by atoms with Crippen LogP contribution < -0.4 is 21.4 Å². The van der Waals surface area contributed by atoms with E-state index >= 15 is 0 Å². The van der Waals surface area contributed by atoms with Gasteiger partial charge in [-0.3, -0.25) is 4.79 Å². The molecule has 6 rings (SSSR count). The fourth-order valence-electron chi connectivity index (χ4n) is 7.29. The molecule has 1 amide bonds. The number of ether oxygens (including phenoxy) is 2. The maximum absolute atomic E-state index is 13.5. The number of fused-ring (bicyclic) bond motifs is 2. The second-order valence-electron chi connectivity index (χ2n) is 13.5. The number of likely N-dealkylation sites (tertiary alicyclic amines) is 1. The van der Waals surface area contributed by atoms with Crippen molar-refractivity contribution in [2.24, 2.45) is 5.92 Å². The first-order valence-corrected chi connectivity index (χ1v) is 16.6. The first-order valence-electron chi connectivity index (χ1n) is 16.6. The number of hydrogen-bond donors (Lipinski definition) is 3. The molecule has 11 heteroatoms. The number of aliphatic hydroxyl groups is 1. The van der Waals surface area contributed by atoms with Crippen molar-refractivity contribution in [2.75, 3.05) is 39.0 Å². The van der Waals surface area contributed by atoms with Crippen molar-refractivity contribution in [3.63, 3.8) is 0 Å². The summed E-state index contributed by atoms with van der Waals surface area (Å²) in [5, 5.41) is 13.2. The number of benzene rings is 1. The third-order valence-corrected chi connectivity index (χ3v) is 10.2. The van der Waals surface area contributed by atoms with E-state index in [1.54, 1.807) is 44.3 Å². The number of esters is 1. The fourth-order valence-corrected chi connectivity index (χ4v) is 7.29. The van der Waals surface area contributed by atoms with Crippen LogP contribution in [0, 0.1) is 5.92 Å². The molecule has 4 N–H and O–H groups in total. The number of allylic oxidation sites excluding steroid dienone is 1. The summed E-state index contributed by atoms with van der Waals surface area (Å²) < 4.78 is 19.1. The fraction of sp³-hybridized carbons (Fsp3) is 0.459. The molecule has 254 valence electrons. The maximum atomic E-state index is 13.5. The van der Waals surface area contributed by atoms with Crippen LogP contribution in [0.4, 0.5) is 5.82 Å². The molecule has 4 heterocycles. The van der Waals surface area contributed by atoms with Gasteiger partial charge in [-0.25, -0.2) is 14.6 Å². The molecule has 2 aliphatic heterocycles. The van der Waals surface area contributed by atoms with E-state index in [0.717, 1.165) is 28.6 Å². The summed E-state index contributed by atoms with van der Waals surface area (Å²) in [5.74, 6) is 0.330. The zero-order chi connectivity index (χ0) is 34.2. The average Bonchev–Trinajstić information content (AvgIpc) is 3.41. The van der Waals surface area contributed by atoms with Gasteiger partial charge in [0.05, 0.1) is 6.42 Å². The number of nitrogens with one attached hydrogen (secondary N) is 1. The van der Waals surface area contributed by atoms with E-state index in [1.165, 1.54) is 0 Å². The Hall–Kier alpha value is -4.48. The van der Waals surface area contributed by atoms with Crippen LogP contribution >= 0.6 is 0 Å². The van der Waals surface area contributed by atoms with Crippen molar-refractivity contribution in [1.82, 2.24) is 15.2 Å². The molecule has 3 aliphatic rings. The molecule has 2 aromatic heterocycles. The van der Waals surface area contributed by atoms with Crippen LogP contribution in [0.2, 0.25) is 0 Å². The van der Waals surface area contributed by atoms with Crippen molar-refractivity contribution in [2.45, 2.75) is 70.0 Å². The van der Waals surface area contributed by atoms with Crippen LogP contribution in [0.15, 0.2) is 63.5 Å². The summed E-state index contributed by atoms with van der Waals surface area (Å²) in [5.41, 5.74) is 7.25. The largest absolute Gasteiger partial charge is 0.481 e. The second-order valence-corrected chi connectivity index (χ2v) is 13.5. The standard InChI is InChI=1S/C37H44N4O7/c1-5-22(2)34(44)48-36(3)10-6-9-29(28-15-32(38)40-19-27(28)14-33(43)41-20-23(21-41)18-39-4)37(36)17-26-13-25-12-24(8-7-11-42)35(45)46-30(25)16-31(26)47-37/h5-6,9,12-13,15-16,19,23,29,39,42H,7-8,10-11,14,17-18,20-21H2,1-4H3,(H2,38,40)/b22-5+/t29-,36+,37+/m0/s1. The Morgan fingerprint density at radius 1 is 1.23 bits per heavy atom. The Morgan fingerprint density at radius 2 is 2.02 bits per heavy atom. The molecule has 0 bridgehead atoms. The lowest BCUT2D eigenvalue weighted by molar-refractivity contribution is -0.182. The van der Waals surface area contributed by atoms with Crippen LogP contribution in [-0.2, 0) is 33.6 Å². The molecule has 3 atom stereocenters. The lowest BCUT2D eigenvalue weighted by Crippen LogP contribution is -2.62. The third kappa shape index (κ3) is 6.01. The Morgan fingerprint density at radius 3 is 2.75 bits per heavy atom. The molecular formula is C37H44N4O7. The van der Waals surface area contributed by atoms with Gasteiger partial charge in [0, 0.05) is 79.7 Å². The number of anilines is 1. The van der Waals surface area contributed by atoms with Gasteiger partial charge >= 0.3 is 11.6 Å². The van der Waals surface area contributed by atoms with Crippen molar-refractivity contribution in [3.05, 3.63) is 86.9 Å². The number of aryl methyl sites for hydroxylation is 1. The average molecular weight is 657 g/mol. The molecule has 0 unspecified atom stereocenters. The highest BCUT2D eigenvalue weighted by Gasteiger charge is 2.62. The zero-order valence-corrected chi connectivity index (χ0v) is 28.0. The minimum absolute atomic E-state index is 0.0100. The summed E-state index contributed by atoms with van der Waals surface area (Å²) in [4.78, 5) is 45.8. The highest BCUT2D eigenvalue weighted by atomic mass is 16.6. The van der Waals surface area contributed by atoms with Crippen molar-refractivity contribution in [1.29, 1.82) is 0 Å². The Kier molecular flexibility index (Phi) is 9.19. The minimum Gasteiger partial charge on any atom is -0.481 e. The molecule has 1 fully saturated rings. The van der Waals surface area contributed by atoms with Crippen molar-refractivity contribution < 1.29 is 28.6 Å². The SMILES string of the molecule is C/C=C(\C)C(=O)O[C@]1(C)CC=C[C@@H](c2cc(N)ncc2CC(=O)N2CC(CNC)C2)[C@]12Cc1cc3cc(CCCO)c(=O)oc3cc1O2. The van der Waals surface area contributed by atoms with E-state index in [0.29, 0.717) is 73.0 Å². The number of rotatable bonds is 10. The summed E-state index contributed by atoms with van der Waals surface area (Å²) >= 11 is 0. The van der Waals surface area contributed by atoms with Gasteiger partial charge in [0.15, 0.2) is 11.2 Å². The second kappa shape index (κ2) is 13.2. The molecular weight excluding hydrogens is 612 g/mol. The topological polar surface area (TPSA) is 157 Å². The highest BCUT2D eigenvalue weighted by Crippen LogP contribution is 2.55. The quantitative estimate of drug-likeness (QED) is 0.128. The van der Waals surface area contributed by atoms with Gasteiger partial charge in [-0.2, -0.15) is 0 Å². The van der Waals surface area contributed by atoms with Gasteiger partial charge in [-0.05, 0) is 75.5 Å². The molecule has 1 saturated heterocycles. The van der Waals surface area contributed by atoms with E-state index in [-0.39, 0.29) is 18.9 Å². The van der Waals surface area contributed by atoms with Crippen LogP contribution in [0.1, 0.15) is 61.8 Å². The number of hydrogen-bond acceptors (Lipinski definition) is 10. The molecule has 0 radical (unpaired) electrons. The van der Waals surface area contributed by atoms with Crippen molar-refractivity contribution >= 4 is 28.7 Å². The smallest absolute Gasteiger partial charge is 0.339 e. The lowest BCUT2D eigenvalue weighted by atomic mass is 9.64. The van der Waals surface area contributed by atoms with Crippen LogP contribution in [-0.4, -0.2) is 71.4 Å². The number of amides is 1. The van der Waals surface area contributed by atoms with Crippen LogP contribution in [0.25, 0.3) is 11.0 Å². The number of nitrogens with zero attached hydrogens (tertiary/aromatic N) is 2. The monoisotopic (exact) mass is 656 g/mol. The predicted molar refractivity (Wildman–Crippen MR) is 182 cm³/mol. The molecule has 11 nitrogen and oxygen atoms in total. The number of pyridine rings is 1. The summed E-state index contributed by atoms with van der Waals surface area (Å²) in [7, 11) is 1.91. The number of aliphatic hydroxyl groups excluding tert-OH is 1. The number of nitrogen functional groups attached to an aromatic ring is 1. The van der Waals surface area contributed by atoms with Crippen LogP contribution in [0.5, 0.6) is 5.75 Å². The molecule has 0 saturated carbocycles. The first-order chi connectivity index (χ1) is 23.0. The third-order valence-electron chi connectivity index (χ3n) is 10.2. The number of carbonyl (C=O) groups is 2. The van der Waals surface area contributed by atoms with Crippen molar-refractivity contribution in [3.8, 4) is 5.75 Å². The molecule has 1 aliphatic carbocycles. The lowest BCUT2D eigenvalue weighted by Gasteiger charge is -2.50. The van der Waals surface area contributed by atoms with Gasteiger partial charge in [0.2, 0.25) is 5.91 Å². The summed E-state index contributed by atoms with van der Waals surface area (Å²) in [6.45, 7) is 7.62.